The summed E-state index contributed by atoms with van der Waals surface area (Å²) in [6, 6.07) is 2.21. The highest BCUT2D eigenvalue weighted by Gasteiger charge is 2.60. The predicted molar refractivity (Wildman–Crippen MR) is 111 cm³/mol. The number of halogens is 2. The second-order valence-electron chi connectivity index (χ2n) is 9.66. The van der Waals surface area contributed by atoms with Crippen LogP contribution in [0.4, 0.5) is 8.78 Å². The van der Waals surface area contributed by atoms with E-state index in [-0.39, 0.29) is 47.2 Å². The number of methoxy groups -OCH3 is 1. The van der Waals surface area contributed by atoms with Crippen molar-refractivity contribution >= 4 is 5.91 Å². The fourth-order valence-electron chi connectivity index (χ4n) is 6.40. The topological polar surface area (TPSA) is 72.9 Å². The van der Waals surface area contributed by atoms with Crippen LogP contribution < -0.4 is 10.1 Å². The van der Waals surface area contributed by atoms with Gasteiger partial charge >= 0.3 is 6.61 Å². The normalized spacial score (nSPS) is 36.6. The van der Waals surface area contributed by atoms with Crippen molar-refractivity contribution in [2.24, 2.45) is 11.3 Å². The number of ether oxygens (including phenoxy) is 3. The van der Waals surface area contributed by atoms with Crippen LogP contribution >= 0.6 is 0 Å². The van der Waals surface area contributed by atoms with E-state index in [4.69, 9.17) is 9.47 Å². The Labute approximate surface area is 186 Å². The van der Waals surface area contributed by atoms with Gasteiger partial charge in [0.25, 0.3) is 0 Å². The summed E-state index contributed by atoms with van der Waals surface area (Å²) < 4.78 is 40.8. The molecule has 1 amide bonds. The van der Waals surface area contributed by atoms with Crippen molar-refractivity contribution in [3.8, 4) is 5.75 Å². The number of alkyl halides is 2. The molecule has 4 aliphatic rings. The van der Waals surface area contributed by atoms with Crippen LogP contribution in [0.1, 0.15) is 43.9 Å². The monoisotopic (exact) mass is 451 g/mol. The van der Waals surface area contributed by atoms with Crippen LogP contribution in [0.2, 0.25) is 0 Å². The molecule has 1 N–H and O–H groups in total. The third-order valence-corrected chi connectivity index (χ3v) is 8.15. The molecule has 6 atom stereocenters. The third kappa shape index (κ3) is 3.68. The van der Waals surface area contributed by atoms with E-state index >= 15 is 0 Å². The number of carbonyl (C=O) groups is 1. The fraction of sp³-hybridized carbons (Fsp3) is 0.739. The average molecular weight is 452 g/mol. The number of pyridine rings is 1. The lowest BCUT2D eigenvalue weighted by molar-refractivity contribution is -0.138. The first-order valence-electron chi connectivity index (χ1n) is 11.5. The zero-order valence-electron chi connectivity index (χ0n) is 18.6. The molecule has 9 heteroatoms. The lowest BCUT2D eigenvalue weighted by Crippen LogP contribution is -2.51. The predicted octanol–water partition coefficient (Wildman–Crippen LogP) is 2.52. The largest absolute Gasteiger partial charge is 0.433 e. The van der Waals surface area contributed by atoms with Gasteiger partial charge in [0.15, 0.2) is 0 Å². The number of nitrogens with one attached hydrogen (secondary N) is 1. The minimum Gasteiger partial charge on any atom is -0.433 e. The number of fused-ring (bicyclic) bond motifs is 2. The molecule has 5 rings (SSSR count). The van der Waals surface area contributed by atoms with Gasteiger partial charge in [-0.1, -0.05) is 6.92 Å². The Hall–Kier alpha value is -1.84. The molecule has 4 heterocycles. The van der Waals surface area contributed by atoms with Crippen molar-refractivity contribution in [2.45, 2.75) is 76.4 Å². The summed E-state index contributed by atoms with van der Waals surface area (Å²) in [4.78, 5) is 20.0. The molecule has 0 radical (unpaired) electrons. The lowest BCUT2D eigenvalue weighted by Gasteiger charge is -2.34. The summed E-state index contributed by atoms with van der Waals surface area (Å²) in [6.07, 6.45) is 5.59. The molecule has 1 saturated carbocycles. The quantitative estimate of drug-likeness (QED) is 0.742. The molecule has 0 aromatic carbocycles. The molecule has 4 unspecified atom stereocenters. The molecule has 2 saturated heterocycles. The Bertz CT molecular complexity index is 872. The first-order valence-corrected chi connectivity index (χ1v) is 11.5. The summed E-state index contributed by atoms with van der Waals surface area (Å²) >= 11 is 0. The van der Waals surface area contributed by atoms with Crippen LogP contribution in [-0.2, 0) is 27.2 Å². The van der Waals surface area contributed by atoms with E-state index in [0.29, 0.717) is 19.6 Å². The van der Waals surface area contributed by atoms with Gasteiger partial charge in [-0.05, 0) is 43.2 Å². The second-order valence-corrected chi connectivity index (χ2v) is 9.66. The molecular weight excluding hydrogens is 420 g/mol. The Morgan fingerprint density at radius 3 is 3.00 bits per heavy atom. The number of amides is 1. The van der Waals surface area contributed by atoms with E-state index in [9.17, 15) is 13.6 Å². The van der Waals surface area contributed by atoms with Gasteiger partial charge in [0.05, 0.1) is 24.3 Å². The SMILES string of the molecule is COC1COCCC1N[C@@H]1CC[C@@]2(C1)C(=O)N1Cc3cc(OC(F)F)cnc3CC1C2C. The minimum absolute atomic E-state index is 0.0357. The fourth-order valence-corrected chi connectivity index (χ4v) is 6.40. The van der Waals surface area contributed by atoms with Gasteiger partial charge in [0.2, 0.25) is 5.91 Å². The molecule has 1 aliphatic carbocycles. The average Bonchev–Trinajstić information content (AvgIpc) is 3.29. The molecule has 3 aliphatic heterocycles. The Morgan fingerprint density at radius 2 is 2.22 bits per heavy atom. The van der Waals surface area contributed by atoms with Gasteiger partial charge in [0.1, 0.15) is 5.75 Å². The summed E-state index contributed by atoms with van der Waals surface area (Å²) in [6.45, 7) is 1.03. The van der Waals surface area contributed by atoms with E-state index in [1.165, 1.54) is 6.20 Å². The van der Waals surface area contributed by atoms with Crippen molar-refractivity contribution in [1.82, 2.24) is 15.2 Å². The lowest BCUT2D eigenvalue weighted by atomic mass is 9.73. The second kappa shape index (κ2) is 8.50. The molecule has 1 aromatic heterocycles. The maximum Gasteiger partial charge on any atom is 0.387 e. The molecule has 1 aromatic rings. The highest BCUT2D eigenvalue weighted by molar-refractivity contribution is 5.87. The van der Waals surface area contributed by atoms with E-state index in [1.54, 1.807) is 13.2 Å². The number of carbonyl (C=O) groups excluding carboxylic acids is 1. The highest BCUT2D eigenvalue weighted by atomic mass is 19.3. The molecule has 0 bridgehead atoms. The number of rotatable bonds is 5. The van der Waals surface area contributed by atoms with Crippen LogP contribution in [-0.4, -0.2) is 67.0 Å². The van der Waals surface area contributed by atoms with Crippen LogP contribution in [0.15, 0.2) is 12.3 Å². The van der Waals surface area contributed by atoms with Crippen LogP contribution in [0.3, 0.4) is 0 Å². The first kappa shape index (κ1) is 22.0. The summed E-state index contributed by atoms with van der Waals surface area (Å²) in [5.41, 5.74) is 1.30. The van der Waals surface area contributed by atoms with Gasteiger partial charge in [-0.3, -0.25) is 9.78 Å². The van der Waals surface area contributed by atoms with Crippen molar-refractivity contribution < 1.29 is 27.8 Å². The third-order valence-electron chi connectivity index (χ3n) is 8.15. The van der Waals surface area contributed by atoms with Crippen molar-refractivity contribution in [1.29, 1.82) is 0 Å². The molecule has 32 heavy (non-hydrogen) atoms. The highest BCUT2D eigenvalue weighted by Crippen LogP contribution is 2.54. The smallest absolute Gasteiger partial charge is 0.387 e. The van der Waals surface area contributed by atoms with Gasteiger partial charge in [0, 0.05) is 50.5 Å². The van der Waals surface area contributed by atoms with Crippen LogP contribution in [0, 0.1) is 11.3 Å². The van der Waals surface area contributed by atoms with Crippen LogP contribution in [0.5, 0.6) is 5.75 Å². The Morgan fingerprint density at radius 1 is 1.38 bits per heavy atom. The summed E-state index contributed by atoms with van der Waals surface area (Å²) in [5, 5.41) is 3.76. The molecule has 7 nitrogen and oxygen atoms in total. The zero-order chi connectivity index (χ0) is 22.5. The number of aromatic nitrogens is 1. The molecule has 1 spiro atoms. The van der Waals surface area contributed by atoms with Crippen LogP contribution in [0.25, 0.3) is 0 Å². The maximum absolute atomic E-state index is 13.7. The number of hydrogen-bond acceptors (Lipinski definition) is 6. The van der Waals surface area contributed by atoms with Crippen molar-refractivity contribution in [3.63, 3.8) is 0 Å². The minimum atomic E-state index is -2.89. The van der Waals surface area contributed by atoms with Crippen molar-refractivity contribution in [3.05, 3.63) is 23.5 Å². The van der Waals surface area contributed by atoms with Crippen molar-refractivity contribution in [2.75, 3.05) is 20.3 Å². The van der Waals surface area contributed by atoms with E-state index in [2.05, 4.69) is 22.0 Å². The summed E-state index contributed by atoms with van der Waals surface area (Å²) in [7, 11) is 1.72. The van der Waals surface area contributed by atoms with Gasteiger partial charge < -0.3 is 24.4 Å². The summed E-state index contributed by atoms with van der Waals surface area (Å²) in [5.74, 6) is 0.447. The van der Waals surface area contributed by atoms with Gasteiger partial charge in [-0.25, -0.2) is 0 Å². The van der Waals surface area contributed by atoms with Gasteiger partial charge in [-0.15, -0.1) is 0 Å². The maximum atomic E-state index is 13.7. The zero-order valence-corrected chi connectivity index (χ0v) is 18.6. The van der Waals surface area contributed by atoms with E-state index in [0.717, 1.165) is 43.5 Å². The Balaban J connectivity index is 1.31. The first-order chi connectivity index (χ1) is 15.4. The number of nitrogens with zero attached hydrogens (tertiary/aromatic N) is 2. The van der Waals surface area contributed by atoms with E-state index < -0.39 is 6.61 Å². The van der Waals surface area contributed by atoms with E-state index in [1.807, 2.05) is 4.90 Å². The molecule has 176 valence electrons. The Kier molecular flexibility index (Phi) is 5.84. The standard InChI is InChI=1S/C23H31F2N3O4/c1-13-19-8-18-14(7-16(10-26-18)32-22(24)25)11-28(19)21(29)23(13)5-3-15(9-23)27-17-4-6-31-12-20(17)30-2/h7,10,13,15,17,19-20,22,27H,3-6,8-9,11-12H2,1-2H3/t13?,15-,17?,19?,20?,23+/m1/s1. The number of hydrogen-bond donors (Lipinski definition) is 1. The molecular formula is C23H31F2N3O4. The molecule has 3 fully saturated rings. The van der Waals surface area contributed by atoms with Gasteiger partial charge in [-0.2, -0.15) is 8.78 Å².